The number of carbonyl (C=O) groups excluding carboxylic acids is 1. The molecule has 1 amide bonds. The van der Waals surface area contributed by atoms with E-state index < -0.39 is 10.0 Å². The van der Waals surface area contributed by atoms with Crippen molar-refractivity contribution in [1.29, 1.82) is 0 Å². The van der Waals surface area contributed by atoms with Crippen LogP contribution >= 0.6 is 11.6 Å². The molecule has 6 nitrogen and oxygen atoms in total. The molecule has 8 heteroatoms. The van der Waals surface area contributed by atoms with Crippen molar-refractivity contribution >= 4 is 27.5 Å². The molecule has 0 spiro atoms. The van der Waals surface area contributed by atoms with Gasteiger partial charge >= 0.3 is 0 Å². The highest BCUT2D eigenvalue weighted by Crippen LogP contribution is 2.13. The molecular formula is C20H24ClN3O3S. The van der Waals surface area contributed by atoms with E-state index in [9.17, 15) is 13.2 Å². The molecule has 0 saturated carbocycles. The Balaban J connectivity index is 1.43. The molecule has 2 aromatic carbocycles. The maximum Gasteiger partial charge on any atom is 0.234 e. The number of rotatable bonds is 7. The van der Waals surface area contributed by atoms with Crippen LogP contribution in [0, 0.1) is 0 Å². The van der Waals surface area contributed by atoms with Crippen molar-refractivity contribution in [2.75, 3.05) is 32.7 Å². The summed E-state index contributed by atoms with van der Waals surface area (Å²) in [5.74, 6) is -0.0642. The first kappa shape index (κ1) is 20.8. The van der Waals surface area contributed by atoms with E-state index >= 15 is 0 Å². The summed E-state index contributed by atoms with van der Waals surface area (Å²) in [7, 11) is -3.34. The van der Waals surface area contributed by atoms with Gasteiger partial charge in [0.2, 0.25) is 15.9 Å². The molecule has 1 saturated heterocycles. The quantitative estimate of drug-likeness (QED) is 0.743. The zero-order valence-electron chi connectivity index (χ0n) is 15.6. The van der Waals surface area contributed by atoms with Crippen LogP contribution in [0.1, 0.15) is 11.1 Å². The summed E-state index contributed by atoms with van der Waals surface area (Å²) in [6.07, 6.45) is 0. The molecular weight excluding hydrogens is 398 g/mol. The second kappa shape index (κ2) is 9.52. The third-order valence-corrected chi connectivity index (χ3v) is 6.79. The van der Waals surface area contributed by atoms with Crippen LogP contribution in [0.25, 0.3) is 0 Å². The Bertz CT molecular complexity index is 881. The second-order valence-electron chi connectivity index (χ2n) is 6.82. The summed E-state index contributed by atoms with van der Waals surface area (Å²) in [4.78, 5) is 14.1. The monoisotopic (exact) mass is 421 g/mol. The molecule has 1 heterocycles. The van der Waals surface area contributed by atoms with Crippen LogP contribution < -0.4 is 5.32 Å². The van der Waals surface area contributed by atoms with Gasteiger partial charge in [-0.25, -0.2) is 8.42 Å². The first-order chi connectivity index (χ1) is 13.4. The van der Waals surface area contributed by atoms with E-state index in [-0.39, 0.29) is 18.2 Å². The number of hydrogen-bond donors (Lipinski definition) is 1. The predicted octanol–water partition coefficient (Wildman–Crippen LogP) is 2.10. The average Bonchev–Trinajstić information content (AvgIpc) is 2.68. The number of piperazine rings is 1. The van der Waals surface area contributed by atoms with Gasteiger partial charge in [0.25, 0.3) is 0 Å². The number of nitrogens with one attached hydrogen (secondary N) is 1. The number of hydrogen-bond acceptors (Lipinski definition) is 4. The average molecular weight is 422 g/mol. The molecule has 0 bridgehead atoms. The van der Waals surface area contributed by atoms with Crippen molar-refractivity contribution in [1.82, 2.24) is 14.5 Å². The predicted molar refractivity (Wildman–Crippen MR) is 110 cm³/mol. The molecule has 0 unspecified atom stereocenters. The Morgan fingerprint density at radius 1 is 0.929 bits per heavy atom. The minimum Gasteiger partial charge on any atom is -0.351 e. The Labute approximate surface area is 171 Å². The minimum absolute atomic E-state index is 0.00934. The summed E-state index contributed by atoms with van der Waals surface area (Å²) in [5, 5.41) is 3.55. The van der Waals surface area contributed by atoms with Gasteiger partial charge in [0.15, 0.2) is 0 Å². The van der Waals surface area contributed by atoms with Crippen molar-refractivity contribution in [3.63, 3.8) is 0 Å². The number of amides is 1. The third-order valence-electron chi connectivity index (χ3n) is 4.69. The number of sulfonamides is 1. The molecule has 150 valence electrons. The van der Waals surface area contributed by atoms with E-state index in [0.717, 1.165) is 11.1 Å². The molecule has 1 aliphatic rings. The third kappa shape index (κ3) is 6.04. The molecule has 0 atom stereocenters. The van der Waals surface area contributed by atoms with Gasteiger partial charge in [-0.3, -0.25) is 9.69 Å². The van der Waals surface area contributed by atoms with E-state index in [4.69, 9.17) is 11.6 Å². The van der Waals surface area contributed by atoms with Crippen molar-refractivity contribution < 1.29 is 13.2 Å². The lowest BCUT2D eigenvalue weighted by Crippen LogP contribution is -2.51. The first-order valence-corrected chi connectivity index (χ1v) is 11.2. The van der Waals surface area contributed by atoms with Gasteiger partial charge in [-0.1, -0.05) is 54.1 Å². The van der Waals surface area contributed by atoms with Crippen LogP contribution in [-0.4, -0.2) is 56.3 Å². The summed E-state index contributed by atoms with van der Waals surface area (Å²) >= 11 is 5.85. The molecule has 0 aromatic heterocycles. The Kier molecular flexibility index (Phi) is 7.07. The van der Waals surface area contributed by atoms with Gasteiger partial charge in [-0.2, -0.15) is 4.31 Å². The molecule has 1 aliphatic heterocycles. The molecule has 0 aliphatic carbocycles. The smallest absolute Gasteiger partial charge is 0.234 e. The number of nitrogens with zero attached hydrogens (tertiary/aromatic N) is 2. The maximum atomic E-state index is 12.6. The van der Waals surface area contributed by atoms with Crippen molar-refractivity contribution in [2.24, 2.45) is 0 Å². The lowest BCUT2D eigenvalue weighted by atomic mass is 10.2. The van der Waals surface area contributed by atoms with Gasteiger partial charge in [-0.05, 0) is 23.3 Å². The van der Waals surface area contributed by atoms with E-state index in [0.29, 0.717) is 37.7 Å². The number of carbonyl (C=O) groups is 1. The standard InChI is InChI=1S/C20H24ClN3O3S/c21-19-8-6-17(7-9-19)14-22-20(25)15-23-10-12-24(13-11-23)28(26,27)16-18-4-2-1-3-5-18/h1-9H,10-16H2,(H,22,25). The van der Waals surface area contributed by atoms with E-state index in [1.54, 1.807) is 12.1 Å². The highest BCUT2D eigenvalue weighted by molar-refractivity contribution is 7.88. The highest BCUT2D eigenvalue weighted by Gasteiger charge is 2.27. The molecule has 1 fully saturated rings. The molecule has 0 radical (unpaired) electrons. The second-order valence-corrected chi connectivity index (χ2v) is 9.23. The van der Waals surface area contributed by atoms with Gasteiger partial charge in [0.1, 0.15) is 0 Å². The van der Waals surface area contributed by atoms with Gasteiger partial charge in [-0.15, -0.1) is 0 Å². The fraction of sp³-hybridized carbons (Fsp3) is 0.350. The Hall–Kier alpha value is -1.93. The SMILES string of the molecule is O=C(CN1CCN(S(=O)(=O)Cc2ccccc2)CC1)NCc1ccc(Cl)cc1. The zero-order valence-corrected chi connectivity index (χ0v) is 17.1. The van der Waals surface area contributed by atoms with E-state index in [2.05, 4.69) is 5.32 Å². The van der Waals surface area contributed by atoms with Gasteiger partial charge in [0, 0.05) is 37.7 Å². The summed E-state index contributed by atoms with van der Waals surface area (Å²) in [6.45, 7) is 2.60. The summed E-state index contributed by atoms with van der Waals surface area (Å²) < 4.78 is 26.7. The van der Waals surface area contributed by atoms with Crippen LogP contribution in [0.3, 0.4) is 0 Å². The van der Waals surface area contributed by atoms with Crippen molar-refractivity contribution in [3.05, 3.63) is 70.7 Å². The number of benzene rings is 2. The maximum absolute atomic E-state index is 12.6. The topological polar surface area (TPSA) is 69.7 Å². The lowest BCUT2D eigenvalue weighted by Gasteiger charge is -2.33. The largest absolute Gasteiger partial charge is 0.351 e. The molecule has 28 heavy (non-hydrogen) atoms. The minimum atomic E-state index is -3.34. The van der Waals surface area contributed by atoms with E-state index in [1.807, 2.05) is 47.4 Å². The highest BCUT2D eigenvalue weighted by atomic mass is 35.5. The summed E-state index contributed by atoms with van der Waals surface area (Å²) in [6, 6.07) is 16.5. The zero-order chi connectivity index (χ0) is 20.0. The van der Waals surface area contributed by atoms with Crippen LogP contribution in [0.4, 0.5) is 0 Å². The Morgan fingerprint density at radius 3 is 2.21 bits per heavy atom. The van der Waals surface area contributed by atoms with Crippen LogP contribution in [0.15, 0.2) is 54.6 Å². The van der Waals surface area contributed by atoms with Gasteiger partial charge < -0.3 is 5.32 Å². The fourth-order valence-electron chi connectivity index (χ4n) is 3.10. The van der Waals surface area contributed by atoms with E-state index in [1.165, 1.54) is 4.31 Å². The number of halogens is 1. The van der Waals surface area contributed by atoms with Crippen molar-refractivity contribution in [3.8, 4) is 0 Å². The van der Waals surface area contributed by atoms with Crippen LogP contribution in [0.5, 0.6) is 0 Å². The summed E-state index contributed by atoms with van der Waals surface area (Å²) in [5.41, 5.74) is 1.76. The first-order valence-electron chi connectivity index (χ1n) is 9.18. The molecule has 3 rings (SSSR count). The van der Waals surface area contributed by atoms with Crippen molar-refractivity contribution in [2.45, 2.75) is 12.3 Å². The van der Waals surface area contributed by atoms with Crippen LogP contribution in [-0.2, 0) is 27.1 Å². The lowest BCUT2D eigenvalue weighted by molar-refractivity contribution is -0.122. The Morgan fingerprint density at radius 2 is 1.57 bits per heavy atom. The normalized spacial score (nSPS) is 16.0. The fourth-order valence-corrected chi connectivity index (χ4v) is 4.75. The molecule has 1 N–H and O–H groups in total. The van der Waals surface area contributed by atoms with Gasteiger partial charge in [0.05, 0.1) is 12.3 Å². The molecule has 2 aromatic rings. The van der Waals surface area contributed by atoms with Crippen LogP contribution in [0.2, 0.25) is 5.02 Å².